The molecular weight excluding hydrogens is 629 g/mol. The molecule has 7 nitrogen and oxygen atoms in total. The molecule has 8 heteroatoms. The van der Waals surface area contributed by atoms with E-state index in [-0.39, 0.29) is 16.7 Å². The van der Waals surface area contributed by atoms with Gasteiger partial charge in [0.05, 0.1) is 11.4 Å². The number of benzene rings is 6. The van der Waals surface area contributed by atoms with Gasteiger partial charge in [-0.1, -0.05) is 149 Å². The number of nitrogens with one attached hydrogen (secondary N) is 1. The van der Waals surface area contributed by atoms with E-state index in [1.165, 1.54) is 11.1 Å². The minimum absolute atomic E-state index is 0.0222. The van der Waals surface area contributed by atoms with Crippen LogP contribution in [-0.4, -0.2) is 18.8 Å². The van der Waals surface area contributed by atoms with Gasteiger partial charge in [-0.05, 0) is 63.7 Å². The van der Waals surface area contributed by atoms with E-state index in [4.69, 9.17) is 5.10 Å². The maximum Gasteiger partial charge on any atom is 0.295 e. The Morgan fingerprint density at radius 2 is 1.14 bits per heavy atom. The van der Waals surface area contributed by atoms with E-state index in [9.17, 15) is 13.0 Å². The fourth-order valence-corrected chi connectivity index (χ4v) is 7.16. The minimum atomic E-state index is -4.26. The third-order valence-electron chi connectivity index (χ3n) is 8.38. The van der Waals surface area contributed by atoms with Crippen LogP contribution in [0.3, 0.4) is 0 Å². The molecule has 248 valence electrons. The molecule has 0 bridgehead atoms. The van der Waals surface area contributed by atoms with Crippen molar-refractivity contribution in [3.8, 4) is 11.1 Å². The molecule has 49 heavy (non-hydrogen) atoms. The zero-order chi connectivity index (χ0) is 34.5. The molecule has 1 aliphatic heterocycles. The molecule has 0 fully saturated rings. The van der Waals surface area contributed by atoms with Crippen LogP contribution in [0.1, 0.15) is 56.2 Å². The predicted molar refractivity (Wildman–Crippen MR) is 201 cm³/mol. The molecule has 0 amide bonds. The number of nitrogens with zero attached hydrogens (tertiary/aromatic N) is 3. The number of fused-ring (bicyclic) bond motifs is 1. The lowest BCUT2D eigenvalue weighted by Gasteiger charge is -2.28. The standard InChI is InChI=1S/C25H20N4.C16H20O3S/c1-4-10-20(11-5-1)21-16-18-24(19-17-21)29-27-25(22-12-6-2-7-13-22)26-28(29)23-14-8-3-9-15-23;1-10(2)14-9-12-7-5-6-8-13(12)16(20(17,18)19)15(14)11(3)4/h1-19H,(H,26,27);5-11H,1-4H3,(H,17,18,19). The highest BCUT2D eigenvalue weighted by Crippen LogP contribution is 2.37. The third kappa shape index (κ3) is 7.36. The van der Waals surface area contributed by atoms with E-state index in [0.29, 0.717) is 5.39 Å². The van der Waals surface area contributed by atoms with E-state index in [2.05, 4.69) is 66.1 Å². The first-order valence-corrected chi connectivity index (χ1v) is 17.8. The number of rotatable bonds is 7. The number of anilines is 2. The highest BCUT2D eigenvalue weighted by Gasteiger charge is 2.27. The fraction of sp³-hybridized carbons (Fsp3) is 0.146. The van der Waals surface area contributed by atoms with Crippen molar-refractivity contribution >= 4 is 38.1 Å². The molecule has 1 aliphatic rings. The molecule has 0 saturated heterocycles. The molecule has 6 aromatic carbocycles. The summed E-state index contributed by atoms with van der Waals surface area (Å²) in [5.74, 6) is 1.02. The maximum absolute atomic E-state index is 11.9. The Labute approximate surface area is 288 Å². The fourth-order valence-electron chi connectivity index (χ4n) is 6.06. The van der Waals surface area contributed by atoms with Gasteiger partial charge in [-0.3, -0.25) is 9.98 Å². The van der Waals surface area contributed by atoms with Crippen LogP contribution in [0.4, 0.5) is 11.4 Å². The van der Waals surface area contributed by atoms with E-state index >= 15 is 0 Å². The zero-order valence-electron chi connectivity index (χ0n) is 28.0. The number of hydrogen-bond acceptors (Lipinski definition) is 6. The molecule has 7 rings (SSSR count). The first-order valence-electron chi connectivity index (χ1n) is 16.4. The lowest BCUT2D eigenvalue weighted by atomic mass is 9.88. The van der Waals surface area contributed by atoms with Gasteiger partial charge in [-0.25, -0.2) is 0 Å². The van der Waals surface area contributed by atoms with E-state index < -0.39 is 10.1 Å². The summed E-state index contributed by atoms with van der Waals surface area (Å²) in [6.45, 7) is 7.96. The van der Waals surface area contributed by atoms with Gasteiger partial charge in [0.15, 0.2) is 5.84 Å². The number of para-hydroxylation sites is 1. The average Bonchev–Trinajstić information content (AvgIpc) is 3.57. The summed E-state index contributed by atoms with van der Waals surface area (Å²) in [7, 11) is -4.26. The second kappa shape index (κ2) is 14.4. The largest absolute Gasteiger partial charge is 0.295 e. The topological polar surface area (TPSA) is 85.2 Å². The normalized spacial score (nSPS) is 12.9. The van der Waals surface area contributed by atoms with Crippen LogP contribution in [0, 0.1) is 0 Å². The van der Waals surface area contributed by atoms with Gasteiger partial charge in [-0.15, -0.1) is 5.10 Å². The monoisotopic (exact) mass is 668 g/mol. The number of hydrazone groups is 1. The molecule has 6 aromatic rings. The maximum atomic E-state index is 11.9. The molecule has 0 radical (unpaired) electrons. The lowest BCUT2D eigenvalue weighted by Crippen LogP contribution is -2.44. The summed E-state index contributed by atoms with van der Waals surface area (Å²) >= 11 is 0. The van der Waals surface area contributed by atoms with Gasteiger partial charge in [-0.2, -0.15) is 18.7 Å². The van der Waals surface area contributed by atoms with Crippen LogP contribution in [0.15, 0.2) is 156 Å². The Morgan fingerprint density at radius 3 is 1.71 bits per heavy atom. The first-order chi connectivity index (χ1) is 23.6. The first kappa shape index (κ1) is 33.5. The van der Waals surface area contributed by atoms with Gasteiger partial charge < -0.3 is 0 Å². The van der Waals surface area contributed by atoms with Gasteiger partial charge >= 0.3 is 0 Å². The number of amidine groups is 1. The summed E-state index contributed by atoms with van der Waals surface area (Å²) in [5.41, 5.74) is 10.6. The van der Waals surface area contributed by atoms with Crippen LogP contribution in [0.2, 0.25) is 0 Å². The van der Waals surface area contributed by atoms with E-state index in [0.717, 1.165) is 39.3 Å². The number of hydrazine groups is 2. The summed E-state index contributed by atoms with van der Waals surface area (Å²) in [6, 6.07) is 48.5. The van der Waals surface area contributed by atoms with Crippen molar-refractivity contribution < 1.29 is 13.0 Å². The second-order valence-corrected chi connectivity index (χ2v) is 13.8. The van der Waals surface area contributed by atoms with Crippen LogP contribution in [-0.2, 0) is 10.1 Å². The molecule has 0 aliphatic carbocycles. The third-order valence-corrected chi connectivity index (χ3v) is 9.33. The quantitative estimate of drug-likeness (QED) is 0.165. The van der Waals surface area contributed by atoms with Crippen molar-refractivity contribution in [2.75, 3.05) is 10.2 Å². The van der Waals surface area contributed by atoms with Crippen LogP contribution >= 0.6 is 0 Å². The SMILES string of the molecule is CC(C)c1cc2ccccc2c(S(=O)(=O)O)c1C(C)C.c1ccc(C2=NN(c3ccccc3)N(c3ccc(-c4ccccc4)cc3)N2)cc1. The molecular formula is C41H40N4O3S. The Hall–Kier alpha value is -5.44. The Morgan fingerprint density at radius 1 is 0.612 bits per heavy atom. The van der Waals surface area contributed by atoms with Crippen molar-refractivity contribution in [2.45, 2.75) is 44.4 Å². The highest BCUT2D eigenvalue weighted by atomic mass is 32.2. The van der Waals surface area contributed by atoms with Crippen molar-refractivity contribution in [2.24, 2.45) is 5.10 Å². The summed E-state index contributed by atoms with van der Waals surface area (Å²) in [5, 5.41) is 10.1. The molecule has 0 spiro atoms. The number of hydrogen-bond donors (Lipinski definition) is 2. The summed E-state index contributed by atoms with van der Waals surface area (Å²) in [6.07, 6.45) is 0. The van der Waals surface area contributed by atoms with Crippen molar-refractivity contribution in [1.29, 1.82) is 0 Å². The lowest BCUT2D eigenvalue weighted by molar-refractivity contribution is 0.482. The van der Waals surface area contributed by atoms with Crippen molar-refractivity contribution in [3.63, 3.8) is 0 Å². The van der Waals surface area contributed by atoms with Gasteiger partial charge in [0.2, 0.25) is 0 Å². The highest BCUT2D eigenvalue weighted by molar-refractivity contribution is 7.86. The average molecular weight is 669 g/mol. The van der Waals surface area contributed by atoms with Crippen molar-refractivity contribution in [1.82, 2.24) is 5.43 Å². The Balaban J connectivity index is 0.000000183. The molecule has 0 aromatic heterocycles. The van der Waals surface area contributed by atoms with Crippen molar-refractivity contribution in [3.05, 3.63) is 162 Å². The van der Waals surface area contributed by atoms with Crippen LogP contribution in [0.25, 0.3) is 21.9 Å². The summed E-state index contributed by atoms with van der Waals surface area (Å²) < 4.78 is 33.5. The van der Waals surface area contributed by atoms with Crippen LogP contribution in [0.5, 0.6) is 0 Å². The molecule has 0 unspecified atom stereocenters. The molecule has 1 heterocycles. The Bertz CT molecular complexity index is 2170. The zero-order valence-corrected chi connectivity index (χ0v) is 28.8. The van der Waals surface area contributed by atoms with Crippen LogP contribution < -0.4 is 15.7 Å². The second-order valence-electron chi connectivity index (χ2n) is 12.5. The predicted octanol–water partition coefficient (Wildman–Crippen LogP) is 9.79. The van der Waals surface area contributed by atoms with E-state index in [1.807, 2.05) is 111 Å². The smallest absolute Gasteiger partial charge is 0.282 e. The van der Waals surface area contributed by atoms with Gasteiger partial charge in [0.25, 0.3) is 10.1 Å². The summed E-state index contributed by atoms with van der Waals surface area (Å²) in [4.78, 5) is 0.0642. The minimum Gasteiger partial charge on any atom is -0.282 e. The van der Waals surface area contributed by atoms with E-state index in [1.54, 1.807) is 12.1 Å². The van der Waals surface area contributed by atoms with Gasteiger partial charge in [0, 0.05) is 10.9 Å². The van der Waals surface area contributed by atoms with Gasteiger partial charge in [0.1, 0.15) is 4.90 Å². The molecule has 0 atom stereocenters. The molecule has 2 N–H and O–H groups in total. The molecule has 0 saturated carbocycles. The Kier molecular flexibility index (Phi) is 9.80.